The Morgan fingerprint density at radius 3 is 2.52 bits per heavy atom. The number of nitrogens with zero attached hydrogens (tertiary/aromatic N) is 1. The maximum Gasteiger partial charge on any atom is 0.309 e. The van der Waals surface area contributed by atoms with E-state index in [0.717, 1.165) is 0 Å². The first-order chi connectivity index (χ1) is 9.65. The number of carboxylic acid groups (broad SMARTS) is 1. The summed E-state index contributed by atoms with van der Waals surface area (Å²) in [6.07, 6.45) is -0.156. The molecule has 1 aromatic carbocycles. The van der Waals surface area contributed by atoms with E-state index < -0.39 is 22.2 Å². The van der Waals surface area contributed by atoms with Crippen LogP contribution in [0, 0.1) is 22.5 Å². The molecule has 0 unspecified atom stereocenters. The molecule has 0 fully saturated rings. The van der Waals surface area contributed by atoms with Crippen molar-refractivity contribution in [1.82, 2.24) is 5.32 Å². The van der Waals surface area contributed by atoms with E-state index in [4.69, 9.17) is 5.11 Å². The van der Waals surface area contributed by atoms with Gasteiger partial charge in [-0.05, 0) is 26.3 Å². The molecule has 0 aliphatic carbocycles. The third kappa shape index (κ3) is 4.27. The molecule has 0 aromatic heterocycles. The van der Waals surface area contributed by atoms with Gasteiger partial charge in [0, 0.05) is 24.6 Å². The standard InChI is InChI=1S/C14H18N2O5/c1-9-10(5-4-6-11(9)16(20)21)8-15-12(17)7-14(2,3)13(18)19/h4-6H,7-8H2,1-3H3,(H,15,17)(H,18,19). The van der Waals surface area contributed by atoms with E-state index in [1.54, 1.807) is 19.1 Å². The molecule has 0 saturated heterocycles. The number of carbonyl (C=O) groups is 2. The van der Waals surface area contributed by atoms with Gasteiger partial charge in [-0.25, -0.2) is 0 Å². The normalized spacial score (nSPS) is 11.0. The number of hydrogen-bond donors (Lipinski definition) is 2. The molecule has 7 heteroatoms. The van der Waals surface area contributed by atoms with Crippen LogP contribution in [0.25, 0.3) is 0 Å². The molecule has 0 spiro atoms. The van der Waals surface area contributed by atoms with Crippen LogP contribution in [0.5, 0.6) is 0 Å². The van der Waals surface area contributed by atoms with E-state index in [-0.39, 0.29) is 18.7 Å². The third-order valence-electron chi connectivity index (χ3n) is 3.27. The molecule has 114 valence electrons. The summed E-state index contributed by atoms with van der Waals surface area (Å²) in [4.78, 5) is 33.1. The van der Waals surface area contributed by atoms with Gasteiger partial charge in [0.25, 0.3) is 5.69 Å². The Hall–Kier alpha value is -2.44. The van der Waals surface area contributed by atoms with Crippen LogP contribution in [0.2, 0.25) is 0 Å². The zero-order valence-electron chi connectivity index (χ0n) is 12.2. The summed E-state index contributed by atoms with van der Waals surface area (Å²) in [6, 6.07) is 4.63. The minimum atomic E-state index is -1.15. The molecule has 0 atom stereocenters. The Labute approximate surface area is 122 Å². The second-order valence-corrected chi connectivity index (χ2v) is 5.46. The van der Waals surface area contributed by atoms with Gasteiger partial charge in [0.05, 0.1) is 10.3 Å². The van der Waals surface area contributed by atoms with Crippen LogP contribution >= 0.6 is 0 Å². The molecular formula is C14H18N2O5. The number of nitrogens with one attached hydrogen (secondary N) is 1. The van der Waals surface area contributed by atoms with Crippen LogP contribution in [0.1, 0.15) is 31.4 Å². The van der Waals surface area contributed by atoms with Gasteiger partial charge in [0.15, 0.2) is 0 Å². The largest absolute Gasteiger partial charge is 0.481 e. The lowest BCUT2D eigenvalue weighted by Crippen LogP contribution is -2.33. The fourth-order valence-electron chi connectivity index (χ4n) is 1.79. The van der Waals surface area contributed by atoms with Crippen molar-refractivity contribution in [3.63, 3.8) is 0 Å². The predicted molar refractivity (Wildman–Crippen MR) is 75.7 cm³/mol. The van der Waals surface area contributed by atoms with Crippen LogP contribution in [0.15, 0.2) is 18.2 Å². The van der Waals surface area contributed by atoms with Gasteiger partial charge in [-0.2, -0.15) is 0 Å². The van der Waals surface area contributed by atoms with Gasteiger partial charge < -0.3 is 10.4 Å². The molecule has 1 aromatic rings. The van der Waals surface area contributed by atoms with Crippen molar-refractivity contribution in [3.05, 3.63) is 39.4 Å². The first-order valence-corrected chi connectivity index (χ1v) is 6.38. The van der Waals surface area contributed by atoms with Crippen LogP contribution in [-0.2, 0) is 16.1 Å². The summed E-state index contributed by atoms with van der Waals surface area (Å²) < 4.78 is 0. The Kier molecular flexibility index (Phi) is 5.02. The minimum Gasteiger partial charge on any atom is -0.481 e. The molecule has 21 heavy (non-hydrogen) atoms. The SMILES string of the molecule is Cc1c(CNC(=O)CC(C)(C)C(=O)O)cccc1[N+](=O)[O-]. The van der Waals surface area contributed by atoms with Gasteiger partial charge in [-0.1, -0.05) is 12.1 Å². The molecule has 0 aliphatic heterocycles. The predicted octanol–water partition coefficient (Wildman–Crippen LogP) is 2.02. The van der Waals surface area contributed by atoms with Gasteiger partial charge in [-0.15, -0.1) is 0 Å². The van der Waals surface area contributed by atoms with Crippen molar-refractivity contribution in [2.75, 3.05) is 0 Å². The highest BCUT2D eigenvalue weighted by Gasteiger charge is 2.30. The fourth-order valence-corrected chi connectivity index (χ4v) is 1.79. The lowest BCUT2D eigenvalue weighted by atomic mass is 9.89. The lowest BCUT2D eigenvalue weighted by molar-refractivity contribution is -0.385. The Morgan fingerprint density at radius 1 is 1.38 bits per heavy atom. The van der Waals surface area contributed by atoms with Crippen molar-refractivity contribution >= 4 is 17.6 Å². The molecule has 7 nitrogen and oxygen atoms in total. The summed E-state index contributed by atoms with van der Waals surface area (Å²) in [5.74, 6) is -1.46. The number of hydrogen-bond acceptors (Lipinski definition) is 4. The molecular weight excluding hydrogens is 276 g/mol. The Balaban J connectivity index is 2.72. The molecule has 2 N–H and O–H groups in total. The highest BCUT2D eigenvalue weighted by molar-refractivity contribution is 5.84. The molecule has 0 heterocycles. The van der Waals surface area contributed by atoms with Gasteiger partial charge >= 0.3 is 5.97 Å². The van der Waals surface area contributed by atoms with Crippen molar-refractivity contribution in [1.29, 1.82) is 0 Å². The van der Waals surface area contributed by atoms with E-state index in [1.165, 1.54) is 19.9 Å². The maximum absolute atomic E-state index is 11.8. The van der Waals surface area contributed by atoms with E-state index in [0.29, 0.717) is 11.1 Å². The summed E-state index contributed by atoms with van der Waals surface area (Å²) in [6.45, 7) is 4.67. The average Bonchev–Trinajstić information content (AvgIpc) is 2.36. The van der Waals surface area contributed by atoms with Gasteiger partial charge in [0.2, 0.25) is 5.91 Å². The smallest absolute Gasteiger partial charge is 0.309 e. The zero-order chi connectivity index (χ0) is 16.2. The highest BCUT2D eigenvalue weighted by atomic mass is 16.6. The topological polar surface area (TPSA) is 110 Å². The second kappa shape index (κ2) is 6.34. The van der Waals surface area contributed by atoms with Crippen molar-refractivity contribution in [2.24, 2.45) is 5.41 Å². The number of amides is 1. The van der Waals surface area contributed by atoms with Crippen LogP contribution < -0.4 is 5.32 Å². The van der Waals surface area contributed by atoms with E-state index in [9.17, 15) is 19.7 Å². The molecule has 1 rings (SSSR count). The fraction of sp³-hybridized carbons (Fsp3) is 0.429. The second-order valence-electron chi connectivity index (χ2n) is 5.46. The Bertz CT molecular complexity index is 581. The molecule has 0 radical (unpaired) electrons. The zero-order valence-corrected chi connectivity index (χ0v) is 12.2. The molecule has 1 amide bonds. The summed E-state index contributed by atoms with van der Waals surface area (Å²) >= 11 is 0. The third-order valence-corrected chi connectivity index (χ3v) is 3.27. The first kappa shape index (κ1) is 16.6. The molecule has 0 aliphatic rings. The van der Waals surface area contributed by atoms with Gasteiger partial charge in [0.1, 0.15) is 0 Å². The minimum absolute atomic E-state index is 0.00684. The number of nitro benzene ring substituents is 1. The Morgan fingerprint density at radius 2 is 2.00 bits per heavy atom. The maximum atomic E-state index is 11.8. The van der Waals surface area contributed by atoms with E-state index in [2.05, 4.69) is 5.32 Å². The van der Waals surface area contributed by atoms with Gasteiger partial charge in [-0.3, -0.25) is 19.7 Å². The number of carbonyl (C=O) groups excluding carboxylic acids is 1. The number of benzene rings is 1. The van der Waals surface area contributed by atoms with Crippen LogP contribution in [0.4, 0.5) is 5.69 Å². The quantitative estimate of drug-likeness (QED) is 0.616. The number of aliphatic carboxylic acids is 1. The van der Waals surface area contributed by atoms with Crippen molar-refractivity contribution in [3.8, 4) is 0 Å². The lowest BCUT2D eigenvalue weighted by Gasteiger charge is -2.18. The first-order valence-electron chi connectivity index (χ1n) is 6.38. The number of carboxylic acids is 1. The monoisotopic (exact) mass is 294 g/mol. The average molecular weight is 294 g/mol. The molecule has 0 bridgehead atoms. The van der Waals surface area contributed by atoms with Crippen molar-refractivity contribution in [2.45, 2.75) is 33.7 Å². The van der Waals surface area contributed by atoms with E-state index in [1.807, 2.05) is 0 Å². The van der Waals surface area contributed by atoms with E-state index >= 15 is 0 Å². The van der Waals surface area contributed by atoms with Crippen LogP contribution in [-0.4, -0.2) is 21.9 Å². The van der Waals surface area contributed by atoms with Crippen LogP contribution in [0.3, 0.4) is 0 Å². The summed E-state index contributed by atoms with van der Waals surface area (Å²) in [5.41, 5.74) is -0.0412. The summed E-state index contributed by atoms with van der Waals surface area (Å²) in [5, 5.41) is 22.4. The van der Waals surface area contributed by atoms with Crippen molar-refractivity contribution < 1.29 is 19.6 Å². The molecule has 0 saturated carbocycles. The highest BCUT2D eigenvalue weighted by Crippen LogP contribution is 2.22. The number of nitro groups is 1. The number of rotatable bonds is 6. The summed E-state index contributed by atoms with van der Waals surface area (Å²) in [7, 11) is 0.